The molecule has 1 heterocycles. The van der Waals surface area contributed by atoms with Crippen molar-refractivity contribution in [2.75, 3.05) is 0 Å². The molecule has 1 spiro atoms. The maximum absolute atomic E-state index is 11.1. The normalized spacial score (nSPS) is 26.2. The quantitative estimate of drug-likeness (QED) is 0.308. The molecule has 1 fully saturated rings. The van der Waals surface area contributed by atoms with Gasteiger partial charge < -0.3 is 4.74 Å². The second kappa shape index (κ2) is 2.19. The second-order valence-electron chi connectivity index (χ2n) is 3.36. The third-order valence-electron chi connectivity index (χ3n) is 2.76. The Morgan fingerprint density at radius 3 is 2.50 bits per heavy atom. The average Bonchev–Trinajstić information content (AvgIpc) is 2.05. The first-order valence-corrected chi connectivity index (χ1v) is 4.12. The van der Waals surface area contributed by atoms with E-state index in [0.29, 0.717) is 6.42 Å². The molecule has 64 valence electrons. The van der Waals surface area contributed by atoms with Gasteiger partial charge in [0, 0.05) is 0 Å². The van der Waals surface area contributed by atoms with E-state index in [1.807, 2.05) is 13.0 Å². The van der Waals surface area contributed by atoms with Crippen LogP contribution in [0.25, 0.3) is 0 Å². The lowest BCUT2D eigenvalue weighted by Crippen LogP contribution is -2.54. The summed E-state index contributed by atoms with van der Waals surface area (Å²) in [7, 11) is 0. The average molecular weight is 166 g/mol. The Balaban J connectivity index is 2.41. The van der Waals surface area contributed by atoms with Crippen LogP contribution in [0.5, 0.6) is 0 Å². The van der Waals surface area contributed by atoms with E-state index in [4.69, 9.17) is 0 Å². The monoisotopic (exact) mass is 166 g/mol. The van der Waals surface area contributed by atoms with Crippen molar-refractivity contribution in [1.82, 2.24) is 0 Å². The van der Waals surface area contributed by atoms with Crippen molar-refractivity contribution in [2.45, 2.75) is 26.2 Å². The third-order valence-corrected chi connectivity index (χ3v) is 2.76. The molecule has 0 amide bonds. The SMILES string of the molecule is CC1=CCCCC12C(=O)OC2=O. The molecule has 0 radical (unpaired) electrons. The topological polar surface area (TPSA) is 43.4 Å². The van der Waals surface area contributed by atoms with Crippen LogP contribution in [0.2, 0.25) is 0 Å². The minimum absolute atomic E-state index is 0.360. The van der Waals surface area contributed by atoms with Crippen molar-refractivity contribution in [3.63, 3.8) is 0 Å². The summed E-state index contributed by atoms with van der Waals surface area (Å²) in [5.41, 5.74) is 0.00752. The fraction of sp³-hybridized carbons (Fsp3) is 0.556. The summed E-state index contributed by atoms with van der Waals surface area (Å²) in [4.78, 5) is 22.3. The van der Waals surface area contributed by atoms with Gasteiger partial charge in [0.1, 0.15) is 0 Å². The highest BCUT2D eigenvalue weighted by Crippen LogP contribution is 2.45. The first-order valence-electron chi connectivity index (χ1n) is 4.12. The number of ether oxygens (including phenoxy) is 1. The Kier molecular flexibility index (Phi) is 1.37. The molecule has 1 aliphatic carbocycles. The molecular formula is C9H10O3. The molecule has 1 saturated heterocycles. The van der Waals surface area contributed by atoms with Crippen LogP contribution in [0.4, 0.5) is 0 Å². The van der Waals surface area contributed by atoms with Gasteiger partial charge in [-0.3, -0.25) is 0 Å². The summed E-state index contributed by atoms with van der Waals surface area (Å²) < 4.78 is 4.38. The van der Waals surface area contributed by atoms with Crippen LogP contribution in [-0.4, -0.2) is 11.9 Å². The lowest BCUT2D eigenvalue weighted by atomic mass is 9.70. The lowest BCUT2D eigenvalue weighted by molar-refractivity contribution is -0.193. The molecule has 0 bridgehead atoms. The Bertz CT molecular complexity index is 274. The van der Waals surface area contributed by atoms with Crippen LogP contribution in [0.3, 0.4) is 0 Å². The van der Waals surface area contributed by atoms with E-state index in [1.54, 1.807) is 0 Å². The maximum atomic E-state index is 11.1. The number of cyclic esters (lactones) is 2. The van der Waals surface area contributed by atoms with Gasteiger partial charge in [-0.15, -0.1) is 0 Å². The van der Waals surface area contributed by atoms with Gasteiger partial charge in [-0.25, -0.2) is 9.59 Å². The molecule has 0 atom stereocenters. The summed E-state index contributed by atoms with van der Waals surface area (Å²) in [6, 6.07) is 0. The van der Waals surface area contributed by atoms with Gasteiger partial charge in [0.25, 0.3) is 0 Å². The van der Waals surface area contributed by atoms with Crippen molar-refractivity contribution in [1.29, 1.82) is 0 Å². The molecule has 1 aliphatic heterocycles. The lowest BCUT2D eigenvalue weighted by Gasteiger charge is -2.39. The van der Waals surface area contributed by atoms with Gasteiger partial charge in [-0.2, -0.15) is 0 Å². The Hall–Kier alpha value is -1.12. The smallest absolute Gasteiger partial charge is 0.335 e. The Morgan fingerprint density at radius 2 is 2.08 bits per heavy atom. The zero-order valence-electron chi connectivity index (χ0n) is 6.92. The summed E-state index contributed by atoms with van der Waals surface area (Å²) >= 11 is 0. The molecule has 0 aromatic rings. The van der Waals surface area contributed by atoms with Crippen LogP contribution < -0.4 is 0 Å². The minimum atomic E-state index is -0.863. The van der Waals surface area contributed by atoms with E-state index in [1.165, 1.54) is 0 Å². The molecule has 3 nitrogen and oxygen atoms in total. The summed E-state index contributed by atoms with van der Waals surface area (Å²) in [6.07, 6.45) is 4.46. The van der Waals surface area contributed by atoms with Gasteiger partial charge >= 0.3 is 11.9 Å². The van der Waals surface area contributed by atoms with E-state index in [2.05, 4.69) is 4.74 Å². The van der Waals surface area contributed by atoms with E-state index in [-0.39, 0.29) is 11.9 Å². The summed E-state index contributed by atoms with van der Waals surface area (Å²) in [5.74, 6) is -0.720. The fourth-order valence-corrected chi connectivity index (χ4v) is 1.88. The van der Waals surface area contributed by atoms with Gasteiger partial charge in [0.15, 0.2) is 5.41 Å². The number of carbonyl (C=O) groups excluding carboxylic acids is 2. The molecule has 12 heavy (non-hydrogen) atoms. The molecule has 0 aromatic carbocycles. The number of carbonyl (C=O) groups is 2. The van der Waals surface area contributed by atoms with Crippen LogP contribution in [0.15, 0.2) is 11.6 Å². The van der Waals surface area contributed by atoms with Crippen LogP contribution in [-0.2, 0) is 14.3 Å². The van der Waals surface area contributed by atoms with Crippen LogP contribution in [0, 0.1) is 5.41 Å². The molecule has 0 aromatic heterocycles. The molecule has 2 rings (SSSR count). The standard InChI is InChI=1S/C9H10O3/c1-6-4-2-3-5-9(6)7(10)12-8(9)11/h4H,2-3,5H2,1H3. The number of hydrogen-bond acceptors (Lipinski definition) is 3. The van der Waals surface area contributed by atoms with Crippen molar-refractivity contribution < 1.29 is 14.3 Å². The third kappa shape index (κ3) is 0.661. The number of esters is 2. The first-order chi connectivity index (χ1) is 5.68. The Labute approximate surface area is 70.4 Å². The van der Waals surface area contributed by atoms with Crippen molar-refractivity contribution in [2.24, 2.45) is 5.41 Å². The van der Waals surface area contributed by atoms with Gasteiger partial charge in [0.2, 0.25) is 0 Å². The highest BCUT2D eigenvalue weighted by molar-refractivity contribution is 6.16. The number of hydrogen-bond donors (Lipinski definition) is 0. The highest BCUT2D eigenvalue weighted by atomic mass is 16.6. The molecule has 0 unspecified atom stereocenters. The fourth-order valence-electron chi connectivity index (χ4n) is 1.88. The predicted octanol–water partition coefficient (Wildman–Crippen LogP) is 1.19. The first kappa shape index (κ1) is 7.53. The largest absolute Gasteiger partial charge is 0.391 e. The number of allylic oxidation sites excluding steroid dienone is 1. The van der Waals surface area contributed by atoms with Gasteiger partial charge in [-0.05, 0) is 31.8 Å². The van der Waals surface area contributed by atoms with Crippen LogP contribution >= 0.6 is 0 Å². The molecule has 3 heteroatoms. The van der Waals surface area contributed by atoms with Gasteiger partial charge in [-0.1, -0.05) is 6.08 Å². The number of rotatable bonds is 0. The Morgan fingerprint density at radius 1 is 1.42 bits per heavy atom. The minimum Gasteiger partial charge on any atom is -0.391 e. The van der Waals surface area contributed by atoms with Crippen LogP contribution in [0.1, 0.15) is 26.2 Å². The second-order valence-corrected chi connectivity index (χ2v) is 3.36. The predicted molar refractivity (Wildman–Crippen MR) is 41.1 cm³/mol. The highest BCUT2D eigenvalue weighted by Gasteiger charge is 2.59. The summed E-state index contributed by atoms with van der Waals surface area (Å²) in [6.45, 7) is 1.83. The summed E-state index contributed by atoms with van der Waals surface area (Å²) in [5, 5.41) is 0. The van der Waals surface area contributed by atoms with E-state index >= 15 is 0 Å². The van der Waals surface area contributed by atoms with Gasteiger partial charge in [0.05, 0.1) is 0 Å². The van der Waals surface area contributed by atoms with E-state index in [0.717, 1.165) is 18.4 Å². The van der Waals surface area contributed by atoms with E-state index in [9.17, 15) is 9.59 Å². The molecule has 2 aliphatic rings. The molecular weight excluding hydrogens is 156 g/mol. The van der Waals surface area contributed by atoms with Crippen molar-refractivity contribution in [3.05, 3.63) is 11.6 Å². The zero-order chi connectivity index (χ0) is 8.77. The van der Waals surface area contributed by atoms with E-state index < -0.39 is 5.41 Å². The molecule has 0 saturated carbocycles. The van der Waals surface area contributed by atoms with Crippen molar-refractivity contribution >= 4 is 11.9 Å². The molecule has 0 N–H and O–H groups in total. The van der Waals surface area contributed by atoms with Crippen molar-refractivity contribution in [3.8, 4) is 0 Å². The maximum Gasteiger partial charge on any atom is 0.335 e. The zero-order valence-corrected chi connectivity index (χ0v) is 6.92.